The summed E-state index contributed by atoms with van der Waals surface area (Å²) in [4.78, 5) is 24.9. The number of hydrogen-bond acceptors (Lipinski definition) is 4. The molecule has 0 N–H and O–H groups in total. The topological polar surface area (TPSA) is 43.4 Å². The van der Waals surface area contributed by atoms with E-state index in [0.717, 1.165) is 16.7 Å². The molecule has 1 heterocycles. The van der Waals surface area contributed by atoms with Crippen molar-refractivity contribution < 1.29 is 14.3 Å². The van der Waals surface area contributed by atoms with Gasteiger partial charge in [-0.25, -0.2) is 0 Å². The van der Waals surface area contributed by atoms with Gasteiger partial charge in [-0.2, -0.15) is 11.3 Å². The number of esters is 1. The molecule has 2 aromatic rings. The summed E-state index contributed by atoms with van der Waals surface area (Å²) in [5, 5.41) is 4.03. The third kappa shape index (κ3) is 3.27. The van der Waals surface area contributed by atoms with Crippen LogP contribution in [0.4, 0.5) is 0 Å². The molecule has 0 spiro atoms. The molecule has 0 amide bonds. The van der Waals surface area contributed by atoms with E-state index in [4.69, 9.17) is 4.74 Å². The fourth-order valence-corrected chi connectivity index (χ4v) is 3.73. The molecule has 23 heavy (non-hydrogen) atoms. The maximum atomic E-state index is 12.6. The normalized spacial score (nSPS) is 20.9. The summed E-state index contributed by atoms with van der Waals surface area (Å²) >= 11 is 1.60. The van der Waals surface area contributed by atoms with Crippen LogP contribution in [0.3, 0.4) is 0 Å². The zero-order valence-electron chi connectivity index (χ0n) is 12.9. The molecule has 1 aromatic heterocycles. The first kappa shape index (κ1) is 15.7. The quantitative estimate of drug-likeness (QED) is 0.628. The van der Waals surface area contributed by atoms with E-state index < -0.39 is 11.9 Å². The van der Waals surface area contributed by atoms with Crippen LogP contribution in [0.1, 0.15) is 30.4 Å². The number of thiophene rings is 1. The van der Waals surface area contributed by atoms with E-state index in [9.17, 15) is 9.59 Å². The molecule has 0 saturated carbocycles. The van der Waals surface area contributed by atoms with Crippen molar-refractivity contribution >= 4 is 28.7 Å². The van der Waals surface area contributed by atoms with Gasteiger partial charge < -0.3 is 4.74 Å². The average molecular weight is 326 g/mol. The molecule has 0 fully saturated rings. The van der Waals surface area contributed by atoms with Gasteiger partial charge in [-0.1, -0.05) is 30.3 Å². The lowest BCUT2D eigenvalue weighted by atomic mass is 9.74. The first-order valence-corrected chi connectivity index (χ1v) is 8.63. The predicted molar refractivity (Wildman–Crippen MR) is 91.2 cm³/mol. The summed E-state index contributed by atoms with van der Waals surface area (Å²) in [5.74, 6) is -1.51. The molecule has 1 aliphatic rings. The van der Waals surface area contributed by atoms with Gasteiger partial charge >= 0.3 is 5.97 Å². The highest BCUT2D eigenvalue weighted by Gasteiger charge is 2.39. The maximum absolute atomic E-state index is 12.6. The molecular weight excluding hydrogens is 308 g/mol. The number of rotatable bonds is 4. The van der Waals surface area contributed by atoms with E-state index in [-0.39, 0.29) is 18.3 Å². The van der Waals surface area contributed by atoms with Gasteiger partial charge in [0.15, 0.2) is 5.78 Å². The van der Waals surface area contributed by atoms with Gasteiger partial charge in [0.1, 0.15) is 5.92 Å². The van der Waals surface area contributed by atoms with Crippen molar-refractivity contribution in [2.24, 2.45) is 5.92 Å². The highest BCUT2D eigenvalue weighted by Crippen LogP contribution is 2.40. The molecule has 2 atom stereocenters. The van der Waals surface area contributed by atoms with E-state index in [0.29, 0.717) is 6.42 Å². The Morgan fingerprint density at radius 2 is 2.04 bits per heavy atom. The Balaban J connectivity index is 2.00. The van der Waals surface area contributed by atoms with Crippen LogP contribution in [0.15, 0.2) is 53.2 Å². The summed E-state index contributed by atoms with van der Waals surface area (Å²) < 4.78 is 5.14. The van der Waals surface area contributed by atoms with Gasteiger partial charge in [0, 0.05) is 5.92 Å². The minimum Gasteiger partial charge on any atom is -0.465 e. The fraction of sp³-hybridized carbons (Fsp3) is 0.263. The van der Waals surface area contributed by atoms with Crippen LogP contribution in [-0.4, -0.2) is 18.4 Å². The van der Waals surface area contributed by atoms with Gasteiger partial charge in [-0.3, -0.25) is 9.59 Å². The van der Waals surface area contributed by atoms with Crippen LogP contribution >= 0.6 is 11.3 Å². The molecule has 3 rings (SSSR count). The Labute approximate surface area is 139 Å². The van der Waals surface area contributed by atoms with Crippen molar-refractivity contribution in [3.8, 4) is 0 Å². The molecule has 1 aliphatic carbocycles. The second kappa shape index (κ2) is 6.92. The number of ketones is 1. The molecule has 118 valence electrons. The van der Waals surface area contributed by atoms with Gasteiger partial charge in [0.2, 0.25) is 0 Å². The molecule has 0 radical (unpaired) electrons. The first-order valence-electron chi connectivity index (χ1n) is 7.69. The van der Waals surface area contributed by atoms with Crippen LogP contribution in [0.5, 0.6) is 0 Å². The zero-order chi connectivity index (χ0) is 16.2. The number of carbonyl (C=O) groups is 2. The second-order valence-corrected chi connectivity index (χ2v) is 6.32. The first-order chi connectivity index (χ1) is 11.2. The minimum atomic E-state index is -0.750. The number of benzene rings is 1. The Morgan fingerprint density at radius 3 is 2.70 bits per heavy atom. The van der Waals surface area contributed by atoms with Crippen LogP contribution < -0.4 is 0 Å². The molecule has 0 aliphatic heterocycles. The fourth-order valence-electron chi connectivity index (χ4n) is 3.04. The molecular formula is C19H18O3S. The third-order valence-corrected chi connectivity index (χ3v) is 4.81. The zero-order valence-corrected chi connectivity index (χ0v) is 13.7. The summed E-state index contributed by atoms with van der Waals surface area (Å²) in [6.07, 6.45) is 2.28. The van der Waals surface area contributed by atoms with E-state index in [1.807, 2.05) is 47.2 Å². The van der Waals surface area contributed by atoms with Crippen molar-refractivity contribution in [2.75, 3.05) is 6.61 Å². The van der Waals surface area contributed by atoms with E-state index >= 15 is 0 Å². The summed E-state index contributed by atoms with van der Waals surface area (Å²) in [6.45, 7) is 2.04. The van der Waals surface area contributed by atoms with Crippen LogP contribution in [0.25, 0.3) is 5.57 Å². The molecule has 1 aromatic carbocycles. The lowest BCUT2D eigenvalue weighted by molar-refractivity contribution is -0.151. The summed E-state index contributed by atoms with van der Waals surface area (Å²) in [7, 11) is 0. The number of allylic oxidation sites excluding steroid dienone is 2. The summed E-state index contributed by atoms with van der Waals surface area (Å²) in [5.41, 5.74) is 3.05. The summed E-state index contributed by atoms with van der Waals surface area (Å²) in [6, 6.07) is 11.8. The smallest absolute Gasteiger partial charge is 0.317 e. The number of carbonyl (C=O) groups excluding carboxylic acids is 2. The third-order valence-electron chi connectivity index (χ3n) is 4.13. The van der Waals surface area contributed by atoms with Crippen LogP contribution in [-0.2, 0) is 14.3 Å². The molecule has 4 heteroatoms. The Hall–Kier alpha value is -2.20. The minimum absolute atomic E-state index is 0.162. The average Bonchev–Trinajstić information content (AvgIpc) is 3.09. The Morgan fingerprint density at radius 1 is 1.26 bits per heavy atom. The Kier molecular flexibility index (Phi) is 4.72. The van der Waals surface area contributed by atoms with Gasteiger partial charge in [-0.15, -0.1) is 0 Å². The standard InChI is InChI=1S/C19H18O3S/c1-2-22-19(21)18-16(13-6-4-3-5-7-13)10-15(11-17(18)20)14-8-9-23-12-14/h3-9,11-12,16,18H,2,10H2,1H3/t16-,18+/m0/s1. The highest BCUT2D eigenvalue weighted by atomic mass is 32.1. The lowest BCUT2D eigenvalue weighted by Gasteiger charge is -2.29. The number of ether oxygens (including phenoxy) is 1. The van der Waals surface area contributed by atoms with Gasteiger partial charge in [-0.05, 0) is 52.9 Å². The second-order valence-electron chi connectivity index (χ2n) is 5.53. The van der Waals surface area contributed by atoms with Gasteiger partial charge in [0.25, 0.3) is 0 Å². The lowest BCUT2D eigenvalue weighted by Crippen LogP contribution is -2.33. The van der Waals surface area contributed by atoms with Crippen LogP contribution in [0, 0.1) is 5.92 Å². The van der Waals surface area contributed by atoms with Gasteiger partial charge in [0.05, 0.1) is 6.61 Å². The van der Waals surface area contributed by atoms with Crippen molar-refractivity contribution in [3.05, 3.63) is 64.4 Å². The SMILES string of the molecule is CCOC(=O)[C@H]1C(=O)C=C(c2ccsc2)C[C@H]1c1ccccc1. The van der Waals surface area contributed by atoms with Crippen molar-refractivity contribution in [1.82, 2.24) is 0 Å². The molecule has 0 bridgehead atoms. The van der Waals surface area contributed by atoms with Crippen molar-refractivity contribution in [2.45, 2.75) is 19.3 Å². The monoisotopic (exact) mass is 326 g/mol. The predicted octanol–water partition coefficient (Wildman–Crippen LogP) is 4.07. The molecule has 0 unspecified atom stereocenters. The Bertz CT molecular complexity index is 716. The maximum Gasteiger partial charge on any atom is 0.317 e. The van der Waals surface area contributed by atoms with E-state index in [2.05, 4.69) is 0 Å². The van der Waals surface area contributed by atoms with Crippen LogP contribution in [0.2, 0.25) is 0 Å². The van der Waals surface area contributed by atoms with Crippen molar-refractivity contribution in [1.29, 1.82) is 0 Å². The highest BCUT2D eigenvalue weighted by molar-refractivity contribution is 7.08. The molecule has 3 nitrogen and oxygen atoms in total. The number of hydrogen-bond donors (Lipinski definition) is 0. The van der Waals surface area contributed by atoms with Crippen molar-refractivity contribution in [3.63, 3.8) is 0 Å². The van der Waals surface area contributed by atoms with E-state index in [1.54, 1.807) is 24.3 Å². The molecule has 0 saturated heterocycles. The largest absolute Gasteiger partial charge is 0.465 e. The van der Waals surface area contributed by atoms with E-state index in [1.165, 1.54) is 0 Å².